The predicted octanol–water partition coefficient (Wildman–Crippen LogP) is 3.02. The van der Waals surface area contributed by atoms with Gasteiger partial charge in [-0.15, -0.1) is 0 Å². The lowest BCUT2D eigenvalue weighted by molar-refractivity contribution is 0.0946. The molecule has 0 spiro atoms. The molecule has 29 heavy (non-hydrogen) atoms. The van der Waals surface area contributed by atoms with E-state index in [1.54, 1.807) is 24.4 Å². The molecule has 0 radical (unpaired) electrons. The van der Waals surface area contributed by atoms with Crippen LogP contribution in [0.25, 0.3) is 16.7 Å². The zero-order valence-corrected chi connectivity index (χ0v) is 16.9. The normalized spacial score (nSPS) is 15.3. The minimum Gasteiger partial charge on any atom is -0.352 e. The van der Waals surface area contributed by atoms with Crippen LogP contribution in [0.4, 0.5) is 0 Å². The number of fused-ring (bicyclic) bond motifs is 2. The van der Waals surface area contributed by atoms with Gasteiger partial charge in [0, 0.05) is 18.8 Å². The summed E-state index contributed by atoms with van der Waals surface area (Å²) in [5, 5.41) is 12.1. The van der Waals surface area contributed by atoms with Crippen molar-refractivity contribution in [1.82, 2.24) is 19.3 Å². The van der Waals surface area contributed by atoms with E-state index in [0.29, 0.717) is 29.1 Å². The van der Waals surface area contributed by atoms with Gasteiger partial charge in [-0.25, -0.2) is 4.98 Å². The Morgan fingerprint density at radius 2 is 2.03 bits per heavy atom. The fourth-order valence-corrected chi connectivity index (χ4v) is 4.11. The van der Waals surface area contributed by atoms with E-state index in [4.69, 9.17) is 10.4 Å². The molecule has 1 saturated carbocycles. The van der Waals surface area contributed by atoms with E-state index in [0.717, 1.165) is 25.7 Å². The van der Waals surface area contributed by atoms with Gasteiger partial charge in [-0.2, -0.15) is 0 Å². The molecule has 1 aliphatic carbocycles. The number of rotatable bonds is 4. The quantitative estimate of drug-likeness (QED) is 0.668. The molecule has 0 atom stereocenters. The average Bonchev–Trinajstić information content (AvgIpc) is 2.72. The van der Waals surface area contributed by atoms with Crippen molar-refractivity contribution < 1.29 is 4.79 Å². The lowest BCUT2D eigenvalue weighted by Crippen LogP contribution is -2.37. The summed E-state index contributed by atoms with van der Waals surface area (Å²) in [4.78, 5) is 30.8. The second kappa shape index (κ2) is 7.81. The molecule has 0 unspecified atom stereocenters. The lowest BCUT2D eigenvalue weighted by Gasteiger charge is -2.26. The molecule has 152 valence electrons. The molecule has 0 aromatic carbocycles. The van der Waals surface area contributed by atoms with E-state index in [1.165, 1.54) is 10.8 Å². The molecular formula is C22H27N5O2. The van der Waals surface area contributed by atoms with Gasteiger partial charge in [0.1, 0.15) is 16.8 Å². The Morgan fingerprint density at radius 1 is 1.28 bits per heavy atom. The summed E-state index contributed by atoms with van der Waals surface area (Å²) in [7, 11) is 0. The number of hydrogen-bond donors (Lipinski definition) is 2. The van der Waals surface area contributed by atoms with E-state index in [1.807, 2.05) is 24.5 Å². The molecular weight excluding hydrogens is 366 g/mol. The number of pyridine rings is 2. The third-order valence-electron chi connectivity index (χ3n) is 5.62. The van der Waals surface area contributed by atoms with E-state index in [9.17, 15) is 9.59 Å². The molecule has 0 aliphatic heterocycles. The third-order valence-corrected chi connectivity index (χ3v) is 5.62. The van der Waals surface area contributed by atoms with Crippen molar-refractivity contribution in [1.29, 1.82) is 5.41 Å². The number of hydrogen-bond acceptors (Lipinski definition) is 4. The monoisotopic (exact) mass is 393 g/mol. The van der Waals surface area contributed by atoms with E-state index in [2.05, 4.69) is 5.32 Å². The Morgan fingerprint density at radius 3 is 2.76 bits per heavy atom. The molecule has 7 nitrogen and oxygen atoms in total. The van der Waals surface area contributed by atoms with Gasteiger partial charge < -0.3 is 9.88 Å². The van der Waals surface area contributed by atoms with Crippen molar-refractivity contribution >= 4 is 22.6 Å². The average molecular weight is 393 g/mol. The summed E-state index contributed by atoms with van der Waals surface area (Å²) < 4.78 is 3.32. The van der Waals surface area contributed by atoms with Crippen LogP contribution in [0.5, 0.6) is 0 Å². The van der Waals surface area contributed by atoms with Crippen LogP contribution in [0.15, 0.2) is 35.3 Å². The number of carbonyl (C=O) groups excluding carboxylic acids is 1. The van der Waals surface area contributed by atoms with Crippen molar-refractivity contribution in [2.24, 2.45) is 5.92 Å². The first-order valence-corrected chi connectivity index (χ1v) is 10.4. The van der Waals surface area contributed by atoms with Gasteiger partial charge in [0.2, 0.25) is 0 Å². The SMILES string of the molecule is CC(C)CNC(=O)c1cc2c(=O)n3ccccc3nc2n(C2CCCCC2)c1=N. The van der Waals surface area contributed by atoms with Crippen molar-refractivity contribution in [3.05, 3.63) is 51.9 Å². The highest BCUT2D eigenvalue weighted by atomic mass is 16.1. The zero-order chi connectivity index (χ0) is 20.5. The maximum Gasteiger partial charge on any atom is 0.267 e. The van der Waals surface area contributed by atoms with Gasteiger partial charge in [0.15, 0.2) is 0 Å². The van der Waals surface area contributed by atoms with Crippen molar-refractivity contribution in [2.75, 3.05) is 6.54 Å². The molecule has 3 aromatic heterocycles. The van der Waals surface area contributed by atoms with Gasteiger partial charge >= 0.3 is 0 Å². The van der Waals surface area contributed by atoms with Crippen LogP contribution in [0.3, 0.4) is 0 Å². The van der Waals surface area contributed by atoms with Gasteiger partial charge in [-0.3, -0.25) is 19.4 Å². The van der Waals surface area contributed by atoms with E-state index in [-0.39, 0.29) is 28.6 Å². The molecule has 7 heteroatoms. The minimum atomic E-state index is -0.312. The van der Waals surface area contributed by atoms with Crippen LogP contribution < -0.4 is 16.4 Å². The summed E-state index contributed by atoms with van der Waals surface area (Å²) >= 11 is 0. The summed E-state index contributed by atoms with van der Waals surface area (Å²) in [6.45, 7) is 4.56. The second-order valence-electron chi connectivity index (χ2n) is 8.26. The number of nitrogens with one attached hydrogen (secondary N) is 2. The van der Waals surface area contributed by atoms with Gasteiger partial charge in [0.25, 0.3) is 11.5 Å². The first-order valence-electron chi connectivity index (χ1n) is 10.4. The Hall–Kier alpha value is -2.96. The fourth-order valence-electron chi connectivity index (χ4n) is 4.11. The molecule has 0 saturated heterocycles. The highest BCUT2D eigenvalue weighted by Crippen LogP contribution is 2.29. The Bertz CT molecular complexity index is 1190. The molecule has 1 fully saturated rings. The molecule has 2 N–H and O–H groups in total. The summed E-state index contributed by atoms with van der Waals surface area (Å²) in [5.41, 5.74) is 1.20. The molecule has 1 amide bonds. The highest BCUT2D eigenvalue weighted by Gasteiger charge is 2.23. The molecule has 3 aromatic rings. The molecule has 3 heterocycles. The fraction of sp³-hybridized carbons (Fsp3) is 0.455. The van der Waals surface area contributed by atoms with Crippen LogP contribution in [0.2, 0.25) is 0 Å². The molecule has 0 bridgehead atoms. The Kier molecular flexibility index (Phi) is 5.22. The number of nitrogens with zero attached hydrogens (tertiary/aromatic N) is 3. The molecule has 1 aliphatic rings. The Labute approximate surface area is 168 Å². The maximum absolute atomic E-state index is 13.2. The van der Waals surface area contributed by atoms with Gasteiger partial charge in [-0.05, 0) is 37.0 Å². The lowest BCUT2D eigenvalue weighted by atomic mass is 9.94. The third kappa shape index (κ3) is 3.57. The van der Waals surface area contributed by atoms with Crippen LogP contribution in [0.1, 0.15) is 62.4 Å². The van der Waals surface area contributed by atoms with Gasteiger partial charge in [-0.1, -0.05) is 39.2 Å². The maximum atomic E-state index is 13.2. The first kappa shape index (κ1) is 19.4. The smallest absolute Gasteiger partial charge is 0.267 e. The van der Waals surface area contributed by atoms with E-state index >= 15 is 0 Å². The van der Waals surface area contributed by atoms with Crippen LogP contribution in [0, 0.1) is 11.3 Å². The largest absolute Gasteiger partial charge is 0.352 e. The van der Waals surface area contributed by atoms with Gasteiger partial charge in [0.05, 0.1) is 10.9 Å². The minimum absolute atomic E-state index is 0.0784. The first-order chi connectivity index (χ1) is 14.0. The van der Waals surface area contributed by atoms with Crippen molar-refractivity contribution in [3.63, 3.8) is 0 Å². The number of carbonyl (C=O) groups is 1. The van der Waals surface area contributed by atoms with Crippen LogP contribution in [-0.4, -0.2) is 26.4 Å². The van der Waals surface area contributed by atoms with Crippen LogP contribution in [-0.2, 0) is 0 Å². The van der Waals surface area contributed by atoms with Crippen molar-refractivity contribution in [3.8, 4) is 0 Å². The zero-order valence-electron chi connectivity index (χ0n) is 16.9. The second-order valence-corrected chi connectivity index (χ2v) is 8.26. The number of amides is 1. The highest BCUT2D eigenvalue weighted by molar-refractivity contribution is 5.96. The molecule has 4 rings (SSSR count). The summed E-state index contributed by atoms with van der Waals surface area (Å²) in [5.74, 6) is -0.0111. The van der Waals surface area contributed by atoms with Crippen molar-refractivity contribution in [2.45, 2.75) is 52.0 Å². The van der Waals surface area contributed by atoms with E-state index < -0.39 is 0 Å². The van der Waals surface area contributed by atoms with Crippen LogP contribution >= 0.6 is 0 Å². The summed E-state index contributed by atoms with van der Waals surface area (Å²) in [6.07, 6.45) is 6.87. The topological polar surface area (TPSA) is 92.2 Å². The predicted molar refractivity (Wildman–Crippen MR) is 112 cm³/mol. The number of aromatic nitrogens is 3. The summed E-state index contributed by atoms with van der Waals surface area (Å²) in [6, 6.07) is 7.04. The Balaban J connectivity index is 2.00. The standard InChI is InChI=1S/C22H27N5O2/c1-14(2)13-24-21(28)16-12-17-20(25-18-10-6-7-11-26(18)22(17)29)27(19(16)23)15-8-4-3-5-9-15/h6-7,10-12,14-15,23H,3-5,8-9,13H2,1-2H3,(H,24,28).